The van der Waals surface area contributed by atoms with Gasteiger partial charge in [-0.2, -0.15) is 4.31 Å². The summed E-state index contributed by atoms with van der Waals surface area (Å²) in [6.45, 7) is 0.753. The minimum Gasteiger partial charge on any atom is -0.480 e. The zero-order chi connectivity index (χ0) is 14.6. The first-order valence-corrected chi connectivity index (χ1v) is 6.90. The molecular weight excluding hydrogens is 280 g/mol. The van der Waals surface area contributed by atoms with Crippen LogP contribution in [0.25, 0.3) is 0 Å². The lowest BCUT2D eigenvalue weighted by atomic mass is 10.3. The average molecular weight is 293 g/mol. The SMILES string of the molecule is CCCN(CC(=O)O)S(=O)(=O)c1cccc(F)c1F. The smallest absolute Gasteiger partial charge is 0.318 e. The number of hydrogen-bond donors (Lipinski definition) is 1. The number of hydrogen-bond acceptors (Lipinski definition) is 3. The van der Waals surface area contributed by atoms with Crippen LogP contribution in [-0.2, 0) is 14.8 Å². The Morgan fingerprint density at radius 3 is 2.53 bits per heavy atom. The molecule has 0 amide bonds. The summed E-state index contributed by atoms with van der Waals surface area (Å²) in [7, 11) is -4.37. The minimum absolute atomic E-state index is 0.0927. The van der Waals surface area contributed by atoms with Crippen molar-refractivity contribution in [3.05, 3.63) is 29.8 Å². The van der Waals surface area contributed by atoms with Crippen LogP contribution in [0.1, 0.15) is 13.3 Å². The molecule has 0 aliphatic carbocycles. The maximum absolute atomic E-state index is 13.5. The number of carboxylic acid groups (broad SMARTS) is 1. The third kappa shape index (κ3) is 3.48. The van der Waals surface area contributed by atoms with E-state index in [4.69, 9.17) is 5.11 Å². The van der Waals surface area contributed by atoms with Gasteiger partial charge >= 0.3 is 5.97 Å². The topological polar surface area (TPSA) is 74.7 Å². The first kappa shape index (κ1) is 15.5. The zero-order valence-electron chi connectivity index (χ0n) is 10.1. The molecule has 5 nitrogen and oxygen atoms in total. The van der Waals surface area contributed by atoms with E-state index < -0.39 is 39.1 Å². The Hall–Kier alpha value is -1.54. The molecule has 0 heterocycles. The molecule has 1 aromatic carbocycles. The second-order valence-electron chi connectivity index (χ2n) is 3.78. The summed E-state index contributed by atoms with van der Waals surface area (Å²) in [6, 6.07) is 2.74. The summed E-state index contributed by atoms with van der Waals surface area (Å²) in [5.41, 5.74) is 0. The van der Waals surface area contributed by atoms with Crippen molar-refractivity contribution in [2.24, 2.45) is 0 Å². The Kier molecular flexibility index (Phi) is 4.96. The standard InChI is InChI=1S/C11H13F2NO4S/c1-2-6-14(7-10(15)16)19(17,18)9-5-3-4-8(12)11(9)13/h3-5H,2,6-7H2,1H3,(H,15,16). The molecule has 0 spiro atoms. The third-order valence-corrected chi connectivity index (χ3v) is 4.18. The molecule has 106 valence electrons. The lowest BCUT2D eigenvalue weighted by Crippen LogP contribution is -2.36. The number of rotatable bonds is 6. The molecular formula is C11H13F2NO4S. The minimum atomic E-state index is -4.37. The van der Waals surface area contributed by atoms with Gasteiger partial charge in [-0.15, -0.1) is 0 Å². The predicted molar refractivity (Wildman–Crippen MR) is 63.0 cm³/mol. The van der Waals surface area contributed by atoms with E-state index in [0.717, 1.165) is 18.2 Å². The van der Waals surface area contributed by atoms with Gasteiger partial charge in [0, 0.05) is 6.54 Å². The second-order valence-corrected chi connectivity index (χ2v) is 5.69. The van der Waals surface area contributed by atoms with Gasteiger partial charge < -0.3 is 5.11 Å². The normalized spacial score (nSPS) is 11.8. The summed E-state index contributed by atoms with van der Waals surface area (Å²) in [6.07, 6.45) is 0.351. The second kappa shape index (κ2) is 6.07. The van der Waals surface area contributed by atoms with Crippen LogP contribution in [-0.4, -0.2) is 36.9 Å². The molecule has 0 atom stereocenters. The molecule has 1 aromatic rings. The maximum atomic E-state index is 13.5. The van der Waals surface area contributed by atoms with Gasteiger partial charge in [0.2, 0.25) is 10.0 Å². The average Bonchev–Trinajstić information content (AvgIpc) is 2.31. The fourth-order valence-corrected chi connectivity index (χ4v) is 3.06. The molecule has 0 aromatic heterocycles. The number of carbonyl (C=O) groups is 1. The number of aliphatic carboxylic acids is 1. The first-order valence-electron chi connectivity index (χ1n) is 5.46. The zero-order valence-corrected chi connectivity index (χ0v) is 11.0. The highest BCUT2D eigenvalue weighted by molar-refractivity contribution is 7.89. The number of benzene rings is 1. The number of halogens is 2. The molecule has 0 bridgehead atoms. The quantitative estimate of drug-likeness (QED) is 0.861. The molecule has 0 aliphatic rings. The molecule has 0 unspecified atom stereocenters. The highest BCUT2D eigenvalue weighted by Crippen LogP contribution is 2.21. The van der Waals surface area contributed by atoms with E-state index in [2.05, 4.69) is 0 Å². The van der Waals surface area contributed by atoms with Gasteiger partial charge in [-0.3, -0.25) is 4.79 Å². The first-order chi connectivity index (χ1) is 8.80. The van der Waals surface area contributed by atoms with Crippen LogP contribution in [0, 0.1) is 11.6 Å². The van der Waals surface area contributed by atoms with Gasteiger partial charge in [0.1, 0.15) is 11.4 Å². The highest BCUT2D eigenvalue weighted by atomic mass is 32.2. The lowest BCUT2D eigenvalue weighted by Gasteiger charge is -2.19. The molecule has 1 N–H and O–H groups in total. The van der Waals surface area contributed by atoms with Crippen molar-refractivity contribution in [3.63, 3.8) is 0 Å². The predicted octanol–water partition coefficient (Wildman–Crippen LogP) is 1.45. The van der Waals surface area contributed by atoms with E-state index in [1.807, 2.05) is 0 Å². The van der Waals surface area contributed by atoms with Crippen molar-refractivity contribution >= 4 is 16.0 Å². The van der Waals surface area contributed by atoms with Gasteiger partial charge in [-0.25, -0.2) is 17.2 Å². The van der Waals surface area contributed by atoms with E-state index in [0.29, 0.717) is 10.7 Å². The van der Waals surface area contributed by atoms with Crippen LogP contribution >= 0.6 is 0 Å². The van der Waals surface area contributed by atoms with Crippen LogP contribution in [0.5, 0.6) is 0 Å². The Morgan fingerprint density at radius 2 is 2.00 bits per heavy atom. The fraction of sp³-hybridized carbons (Fsp3) is 0.364. The van der Waals surface area contributed by atoms with Crippen LogP contribution < -0.4 is 0 Å². The largest absolute Gasteiger partial charge is 0.480 e. The molecule has 0 radical (unpaired) electrons. The van der Waals surface area contributed by atoms with Gasteiger partial charge in [0.25, 0.3) is 0 Å². The number of nitrogens with zero attached hydrogens (tertiary/aromatic N) is 1. The Labute approximate surface area is 109 Å². The molecule has 0 fully saturated rings. The van der Waals surface area contributed by atoms with Crippen LogP contribution in [0.2, 0.25) is 0 Å². The van der Waals surface area contributed by atoms with Crippen molar-refractivity contribution < 1.29 is 27.1 Å². The van der Waals surface area contributed by atoms with Gasteiger partial charge in [0.05, 0.1) is 0 Å². The van der Waals surface area contributed by atoms with Crippen molar-refractivity contribution in [3.8, 4) is 0 Å². The fourth-order valence-electron chi connectivity index (χ4n) is 1.51. The van der Waals surface area contributed by atoms with E-state index >= 15 is 0 Å². The summed E-state index contributed by atoms with van der Waals surface area (Å²) < 4.78 is 51.3. The molecule has 0 saturated heterocycles. The molecule has 19 heavy (non-hydrogen) atoms. The van der Waals surface area contributed by atoms with Crippen molar-refractivity contribution in [1.82, 2.24) is 4.31 Å². The van der Waals surface area contributed by atoms with E-state index in [-0.39, 0.29) is 6.54 Å². The number of carboxylic acids is 1. The Morgan fingerprint density at radius 1 is 1.37 bits per heavy atom. The van der Waals surface area contributed by atoms with E-state index in [1.165, 1.54) is 0 Å². The summed E-state index contributed by atoms with van der Waals surface area (Å²) in [5, 5.41) is 8.67. The highest BCUT2D eigenvalue weighted by Gasteiger charge is 2.29. The third-order valence-electron chi connectivity index (χ3n) is 2.32. The van der Waals surface area contributed by atoms with E-state index in [1.54, 1.807) is 6.92 Å². The van der Waals surface area contributed by atoms with Gasteiger partial charge in [-0.1, -0.05) is 13.0 Å². The van der Waals surface area contributed by atoms with Crippen molar-refractivity contribution in [2.45, 2.75) is 18.2 Å². The molecule has 0 aliphatic heterocycles. The van der Waals surface area contributed by atoms with E-state index in [9.17, 15) is 22.0 Å². The van der Waals surface area contributed by atoms with Gasteiger partial charge in [-0.05, 0) is 18.6 Å². The monoisotopic (exact) mass is 293 g/mol. The Bertz CT molecular complexity index is 574. The summed E-state index contributed by atoms with van der Waals surface area (Å²) in [5.74, 6) is -4.17. The maximum Gasteiger partial charge on any atom is 0.318 e. The van der Waals surface area contributed by atoms with Gasteiger partial charge in [0.15, 0.2) is 11.6 Å². The van der Waals surface area contributed by atoms with Crippen LogP contribution in [0.15, 0.2) is 23.1 Å². The van der Waals surface area contributed by atoms with Crippen molar-refractivity contribution in [2.75, 3.05) is 13.1 Å². The lowest BCUT2D eigenvalue weighted by molar-refractivity contribution is -0.137. The summed E-state index contributed by atoms with van der Waals surface area (Å²) >= 11 is 0. The van der Waals surface area contributed by atoms with Crippen LogP contribution in [0.3, 0.4) is 0 Å². The number of sulfonamides is 1. The molecule has 8 heteroatoms. The molecule has 0 saturated carbocycles. The molecule has 1 rings (SSSR count). The van der Waals surface area contributed by atoms with Crippen LogP contribution in [0.4, 0.5) is 8.78 Å². The van der Waals surface area contributed by atoms with Crippen molar-refractivity contribution in [1.29, 1.82) is 0 Å². The Balaban J connectivity index is 3.26. The summed E-state index contributed by atoms with van der Waals surface area (Å²) in [4.78, 5) is 9.78.